The fourth-order valence-electron chi connectivity index (χ4n) is 1.94. The molecule has 0 unspecified atom stereocenters. The van der Waals surface area contributed by atoms with Crippen molar-refractivity contribution in [2.75, 3.05) is 11.9 Å². The number of rotatable bonds is 4. The Labute approximate surface area is 127 Å². The van der Waals surface area contributed by atoms with E-state index < -0.39 is 11.8 Å². The topological polar surface area (TPSA) is 97.1 Å². The number of hydrogen-bond donors (Lipinski definition) is 2. The van der Waals surface area contributed by atoms with Crippen LogP contribution < -0.4 is 10.6 Å². The molecule has 2 amide bonds. The molecule has 0 saturated heterocycles. The second-order valence-electron chi connectivity index (χ2n) is 5.31. The minimum atomic E-state index is -0.665. The van der Waals surface area contributed by atoms with Crippen molar-refractivity contribution < 1.29 is 14.0 Å². The number of aromatic nitrogens is 2. The molecule has 0 bridgehead atoms. The molecular formula is C15H16N4O3. The van der Waals surface area contributed by atoms with Gasteiger partial charge < -0.3 is 15.1 Å². The molecule has 7 heteroatoms. The molecule has 0 atom stereocenters. The monoisotopic (exact) mass is 300 g/mol. The van der Waals surface area contributed by atoms with E-state index in [1.54, 1.807) is 31.2 Å². The molecule has 0 spiro atoms. The number of hydrogen-bond acceptors (Lipinski definition) is 5. The number of benzene rings is 1. The molecule has 3 rings (SSSR count). The first-order valence-corrected chi connectivity index (χ1v) is 7.11. The van der Waals surface area contributed by atoms with Gasteiger partial charge in [-0.3, -0.25) is 9.59 Å². The van der Waals surface area contributed by atoms with E-state index in [0.717, 1.165) is 18.4 Å². The van der Waals surface area contributed by atoms with Gasteiger partial charge in [-0.2, -0.15) is 0 Å². The van der Waals surface area contributed by atoms with Crippen LogP contribution in [0.1, 0.15) is 18.7 Å². The maximum absolute atomic E-state index is 11.7. The van der Waals surface area contributed by atoms with Crippen LogP contribution in [0.4, 0.5) is 5.69 Å². The molecule has 7 nitrogen and oxygen atoms in total. The Bertz CT molecular complexity index is 689. The van der Waals surface area contributed by atoms with Crippen LogP contribution in [0.2, 0.25) is 0 Å². The SMILES string of the molecule is Cc1nnc(-c2ccc(NC(=O)C(=O)NCC3CC3)cc2)o1. The summed E-state index contributed by atoms with van der Waals surface area (Å²) >= 11 is 0. The van der Waals surface area contributed by atoms with Gasteiger partial charge in [-0.05, 0) is 43.0 Å². The summed E-state index contributed by atoms with van der Waals surface area (Å²) in [4.78, 5) is 23.4. The van der Waals surface area contributed by atoms with E-state index in [1.807, 2.05) is 0 Å². The molecule has 1 fully saturated rings. The molecule has 1 aromatic carbocycles. The summed E-state index contributed by atoms with van der Waals surface area (Å²) in [6, 6.07) is 6.84. The Morgan fingerprint density at radius 1 is 1.18 bits per heavy atom. The van der Waals surface area contributed by atoms with Crippen LogP contribution in [-0.2, 0) is 9.59 Å². The molecule has 1 aromatic heterocycles. The Morgan fingerprint density at radius 3 is 2.50 bits per heavy atom. The number of nitrogens with one attached hydrogen (secondary N) is 2. The average molecular weight is 300 g/mol. The summed E-state index contributed by atoms with van der Waals surface area (Å²) in [5, 5.41) is 12.8. The van der Waals surface area contributed by atoms with Gasteiger partial charge in [-0.25, -0.2) is 0 Å². The molecule has 1 heterocycles. The van der Waals surface area contributed by atoms with Gasteiger partial charge in [0.15, 0.2) is 0 Å². The molecule has 1 aliphatic carbocycles. The Hall–Kier alpha value is -2.70. The summed E-state index contributed by atoms with van der Waals surface area (Å²) in [5.41, 5.74) is 1.28. The smallest absolute Gasteiger partial charge is 0.313 e. The third-order valence-corrected chi connectivity index (χ3v) is 3.37. The number of anilines is 1. The first-order chi connectivity index (χ1) is 10.6. The summed E-state index contributed by atoms with van der Waals surface area (Å²) in [7, 11) is 0. The number of aryl methyl sites for hydroxylation is 1. The lowest BCUT2D eigenvalue weighted by Gasteiger charge is -2.06. The van der Waals surface area contributed by atoms with Gasteiger partial charge in [0.1, 0.15) is 0 Å². The zero-order valence-corrected chi connectivity index (χ0v) is 12.1. The predicted octanol–water partition coefficient (Wildman–Crippen LogP) is 1.51. The van der Waals surface area contributed by atoms with Gasteiger partial charge in [0, 0.05) is 24.7 Å². The van der Waals surface area contributed by atoms with Crippen molar-refractivity contribution in [3.8, 4) is 11.5 Å². The molecule has 0 aliphatic heterocycles. The van der Waals surface area contributed by atoms with E-state index in [1.165, 1.54) is 0 Å². The maximum Gasteiger partial charge on any atom is 0.313 e. The Morgan fingerprint density at radius 2 is 1.91 bits per heavy atom. The van der Waals surface area contributed by atoms with Crippen molar-refractivity contribution >= 4 is 17.5 Å². The maximum atomic E-state index is 11.7. The molecule has 1 aliphatic rings. The fraction of sp³-hybridized carbons (Fsp3) is 0.333. The lowest BCUT2D eigenvalue weighted by molar-refractivity contribution is -0.136. The van der Waals surface area contributed by atoms with Crippen molar-refractivity contribution in [2.24, 2.45) is 5.92 Å². The molecule has 114 valence electrons. The minimum absolute atomic E-state index is 0.414. The lowest BCUT2D eigenvalue weighted by atomic mass is 10.2. The van der Waals surface area contributed by atoms with Crippen molar-refractivity contribution in [1.29, 1.82) is 0 Å². The van der Waals surface area contributed by atoms with E-state index >= 15 is 0 Å². The summed E-state index contributed by atoms with van der Waals surface area (Å²) < 4.78 is 5.32. The standard InChI is InChI=1S/C15H16N4O3/c1-9-18-19-15(22-9)11-4-6-12(7-5-11)17-14(21)13(20)16-8-10-2-3-10/h4-7,10H,2-3,8H2,1H3,(H,16,20)(H,17,21). The van der Waals surface area contributed by atoms with Crippen LogP contribution in [0.25, 0.3) is 11.5 Å². The first kappa shape index (κ1) is 14.2. The van der Waals surface area contributed by atoms with Gasteiger partial charge in [0.05, 0.1) is 0 Å². The van der Waals surface area contributed by atoms with Gasteiger partial charge in [-0.1, -0.05) is 0 Å². The highest BCUT2D eigenvalue weighted by molar-refractivity contribution is 6.39. The third kappa shape index (κ3) is 3.49. The van der Waals surface area contributed by atoms with Crippen LogP contribution >= 0.6 is 0 Å². The van der Waals surface area contributed by atoms with E-state index in [-0.39, 0.29) is 0 Å². The van der Waals surface area contributed by atoms with Crippen LogP contribution in [0.3, 0.4) is 0 Å². The summed E-state index contributed by atoms with van der Waals surface area (Å²) in [5.74, 6) is 0.164. The second-order valence-corrected chi connectivity index (χ2v) is 5.31. The number of carbonyl (C=O) groups is 2. The molecule has 2 aromatic rings. The average Bonchev–Trinajstić information content (AvgIpc) is 3.25. The van der Waals surface area contributed by atoms with Crippen molar-refractivity contribution in [1.82, 2.24) is 15.5 Å². The minimum Gasteiger partial charge on any atom is -0.421 e. The Kier molecular flexibility index (Phi) is 3.86. The van der Waals surface area contributed by atoms with Gasteiger partial charge in [-0.15, -0.1) is 10.2 Å². The van der Waals surface area contributed by atoms with Crippen LogP contribution in [0.15, 0.2) is 28.7 Å². The highest BCUT2D eigenvalue weighted by Crippen LogP contribution is 2.27. The summed E-state index contributed by atoms with van der Waals surface area (Å²) in [6.07, 6.45) is 2.25. The van der Waals surface area contributed by atoms with E-state index in [2.05, 4.69) is 20.8 Å². The zero-order chi connectivity index (χ0) is 15.5. The van der Waals surface area contributed by atoms with E-state index in [0.29, 0.717) is 29.9 Å². The third-order valence-electron chi connectivity index (χ3n) is 3.37. The van der Waals surface area contributed by atoms with Crippen LogP contribution in [0.5, 0.6) is 0 Å². The second kappa shape index (κ2) is 5.97. The highest BCUT2D eigenvalue weighted by Gasteiger charge is 2.23. The van der Waals surface area contributed by atoms with E-state index in [9.17, 15) is 9.59 Å². The van der Waals surface area contributed by atoms with Crippen LogP contribution in [-0.4, -0.2) is 28.6 Å². The molecule has 2 N–H and O–H groups in total. The van der Waals surface area contributed by atoms with Gasteiger partial charge in [0.25, 0.3) is 0 Å². The zero-order valence-electron chi connectivity index (χ0n) is 12.1. The predicted molar refractivity (Wildman–Crippen MR) is 78.8 cm³/mol. The van der Waals surface area contributed by atoms with Crippen LogP contribution in [0, 0.1) is 12.8 Å². The largest absolute Gasteiger partial charge is 0.421 e. The molecule has 0 radical (unpaired) electrons. The lowest BCUT2D eigenvalue weighted by Crippen LogP contribution is -2.36. The molecule has 22 heavy (non-hydrogen) atoms. The fourth-order valence-corrected chi connectivity index (χ4v) is 1.94. The highest BCUT2D eigenvalue weighted by atomic mass is 16.4. The van der Waals surface area contributed by atoms with Gasteiger partial charge in [0.2, 0.25) is 11.8 Å². The summed E-state index contributed by atoms with van der Waals surface area (Å²) in [6.45, 7) is 2.28. The molecular weight excluding hydrogens is 284 g/mol. The van der Waals surface area contributed by atoms with E-state index in [4.69, 9.17) is 4.42 Å². The van der Waals surface area contributed by atoms with Crippen molar-refractivity contribution in [2.45, 2.75) is 19.8 Å². The van der Waals surface area contributed by atoms with Crippen molar-refractivity contribution in [3.05, 3.63) is 30.2 Å². The normalized spacial score (nSPS) is 13.7. The van der Waals surface area contributed by atoms with Crippen molar-refractivity contribution in [3.63, 3.8) is 0 Å². The molecule has 1 saturated carbocycles. The Balaban J connectivity index is 1.58. The number of carbonyl (C=O) groups excluding carboxylic acids is 2. The quantitative estimate of drug-likeness (QED) is 0.834. The number of amides is 2. The first-order valence-electron chi connectivity index (χ1n) is 7.11. The number of nitrogens with zero attached hydrogens (tertiary/aromatic N) is 2. The van der Waals surface area contributed by atoms with Gasteiger partial charge >= 0.3 is 11.8 Å².